The molecule has 0 saturated carbocycles. The second-order valence-electron chi connectivity index (χ2n) is 4.67. The first-order chi connectivity index (χ1) is 10.9. The molecule has 0 saturated heterocycles. The zero-order chi connectivity index (χ0) is 17.0. The van der Waals surface area contributed by atoms with E-state index in [0.717, 1.165) is 12.1 Å². The summed E-state index contributed by atoms with van der Waals surface area (Å²) >= 11 is 5.78. The smallest absolute Gasteiger partial charge is 0.271 e. The van der Waals surface area contributed by atoms with Crippen LogP contribution >= 0.6 is 11.6 Å². The Bertz CT molecular complexity index is 767. The number of nitro benzene ring substituents is 1. The molecule has 2 aromatic rings. The summed E-state index contributed by atoms with van der Waals surface area (Å²) in [5.74, 6) is -0.869. The molecule has 8 heteroatoms. The summed E-state index contributed by atoms with van der Waals surface area (Å²) in [6, 6.07) is 7.68. The number of carbonyl (C=O) groups excluding carboxylic acids is 1. The zero-order valence-electron chi connectivity index (χ0n) is 12.0. The number of carbonyl (C=O) groups is 1. The molecule has 0 bridgehead atoms. The molecule has 0 unspecified atom stereocenters. The zero-order valence-corrected chi connectivity index (χ0v) is 12.8. The second-order valence-corrected chi connectivity index (χ2v) is 5.08. The number of nitrogens with one attached hydrogen (secondary N) is 1. The average molecular weight is 339 g/mol. The predicted molar refractivity (Wildman–Crippen MR) is 83.4 cm³/mol. The lowest BCUT2D eigenvalue weighted by Crippen LogP contribution is -2.20. The summed E-state index contributed by atoms with van der Waals surface area (Å²) in [6.07, 6.45) is 0. The van der Waals surface area contributed by atoms with Gasteiger partial charge in [-0.15, -0.1) is 0 Å². The van der Waals surface area contributed by atoms with Crippen LogP contribution in [0.2, 0.25) is 5.02 Å². The third-order valence-electron chi connectivity index (χ3n) is 2.96. The van der Waals surface area contributed by atoms with Gasteiger partial charge in [0.15, 0.2) is 6.61 Å². The van der Waals surface area contributed by atoms with Crippen LogP contribution in [-0.4, -0.2) is 17.4 Å². The number of ether oxygens (including phenoxy) is 1. The number of hydrogen-bond donors (Lipinski definition) is 1. The monoisotopic (exact) mass is 338 g/mol. The van der Waals surface area contributed by atoms with Crippen LogP contribution in [0.5, 0.6) is 5.75 Å². The Hall–Kier alpha value is -2.67. The normalized spacial score (nSPS) is 10.2. The van der Waals surface area contributed by atoms with Gasteiger partial charge in [0, 0.05) is 12.1 Å². The van der Waals surface area contributed by atoms with Crippen LogP contribution in [0.4, 0.5) is 15.8 Å². The van der Waals surface area contributed by atoms with Crippen LogP contribution in [0, 0.1) is 22.9 Å². The highest BCUT2D eigenvalue weighted by molar-refractivity contribution is 6.32. The maximum atomic E-state index is 12.9. The van der Waals surface area contributed by atoms with E-state index >= 15 is 0 Å². The maximum Gasteiger partial charge on any atom is 0.271 e. The van der Waals surface area contributed by atoms with E-state index in [1.165, 1.54) is 24.3 Å². The van der Waals surface area contributed by atoms with Crippen molar-refractivity contribution in [2.45, 2.75) is 6.92 Å². The van der Waals surface area contributed by atoms with E-state index < -0.39 is 16.6 Å². The lowest BCUT2D eigenvalue weighted by molar-refractivity contribution is -0.384. The highest BCUT2D eigenvalue weighted by Gasteiger charge is 2.12. The van der Waals surface area contributed by atoms with Crippen molar-refractivity contribution in [1.82, 2.24) is 0 Å². The van der Waals surface area contributed by atoms with Gasteiger partial charge >= 0.3 is 0 Å². The molecule has 0 heterocycles. The van der Waals surface area contributed by atoms with Crippen LogP contribution in [0.1, 0.15) is 5.56 Å². The van der Waals surface area contributed by atoms with E-state index in [-0.39, 0.29) is 23.1 Å². The van der Waals surface area contributed by atoms with Crippen molar-refractivity contribution in [3.05, 3.63) is 62.9 Å². The van der Waals surface area contributed by atoms with Crippen molar-refractivity contribution >= 4 is 28.9 Å². The number of non-ortho nitro benzene ring substituents is 1. The second kappa shape index (κ2) is 7.06. The highest BCUT2D eigenvalue weighted by Crippen LogP contribution is 2.25. The number of anilines is 1. The first kappa shape index (κ1) is 16.7. The summed E-state index contributed by atoms with van der Waals surface area (Å²) < 4.78 is 18.1. The number of benzene rings is 2. The molecule has 0 aliphatic rings. The molecule has 2 rings (SSSR count). The molecule has 23 heavy (non-hydrogen) atoms. The topological polar surface area (TPSA) is 81.5 Å². The Morgan fingerprint density at radius 2 is 2.09 bits per heavy atom. The number of amides is 1. The fourth-order valence-electron chi connectivity index (χ4n) is 1.78. The van der Waals surface area contributed by atoms with Crippen molar-refractivity contribution in [2.75, 3.05) is 11.9 Å². The number of rotatable bonds is 5. The first-order valence-electron chi connectivity index (χ1n) is 6.49. The molecule has 0 radical (unpaired) electrons. The Kier molecular flexibility index (Phi) is 5.13. The van der Waals surface area contributed by atoms with E-state index in [9.17, 15) is 19.3 Å². The minimum Gasteiger partial charge on any atom is -0.482 e. The Morgan fingerprint density at radius 3 is 2.74 bits per heavy atom. The minimum absolute atomic E-state index is 0.0457. The standard InChI is InChI=1S/C15H12ClFN2O4/c1-9-2-4-11(19(21)22)7-13(9)18-15(20)8-23-14-5-3-10(17)6-12(14)16/h2-7H,8H2,1H3,(H,18,20). The first-order valence-corrected chi connectivity index (χ1v) is 6.87. The molecule has 120 valence electrons. The van der Waals surface area contributed by atoms with Gasteiger partial charge in [0.25, 0.3) is 11.6 Å². The molecule has 0 fully saturated rings. The van der Waals surface area contributed by atoms with Crippen LogP contribution in [0.15, 0.2) is 36.4 Å². The van der Waals surface area contributed by atoms with Gasteiger partial charge in [-0.3, -0.25) is 14.9 Å². The lowest BCUT2D eigenvalue weighted by Gasteiger charge is -2.10. The van der Waals surface area contributed by atoms with Crippen LogP contribution in [0.25, 0.3) is 0 Å². The summed E-state index contributed by atoms with van der Waals surface area (Å²) in [7, 11) is 0. The molecule has 0 aliphatic carbocycles. The number of aryl methyl sites for hydroxylation is 1. The number of hydrogen-bond acceptors (Lipinski definition) is 4. The lowest BCUT2D eigenvalue weighted by atomic mass is 10.2. The van der Waals surface area contributed by atoms with Gasteiger partial charge in [-0.25, -0.2) is 4.39 Å². The van der Waals surface area contributed by atoms with Gasteiger partial charge < -0.3 is 10.1 Å². The predicted octanol–water partition coefficient (Wildman–Crippen LogP) is 3.71. The van der Waals surface area contributed by atoms with Gasteiger partial charge in [0.1, 0.15) is 11.6 Å². The Balaban J connectivity index is 2.02. The van der Waals surface area contributed by atoms with Crippen molar-refractivity contribution in [3.63, 3.8) is 0 Å². The molecule has 0 atom stereocenters. The molecule has 6 nitrogen and oxygen atoms in total. The van der Waals surface area contributed by atoms with Gasteiger partial charge in [-0.05, 0) is 30.7 Å². The quantitative estimate of drug-likeness (QED) is 0.665. The van der Waals surface area contributed by atoms with E-state index in [1.807, 2.05) is 0 Å². The van der Waals surface area contributed by atoms with Crippen molar-refractivity contribution < 1.29 is 18.8 Å². The molecule has 2 aromatic carbocycles. The van der Waals surface area contributed by atoms with Crippen molar-refractivity contribution in [1.29, 1.82) is 0 Å². The molecule has 0 aliphatic heterocycles. The molecular formula is C15H12ClFN2O4. The molecule has 0 aromatic heterocycles. The van der Waals surface area contributed by atoms with E-state index in [2.05, 4.69) is 5.32 Å². The summed E-state index contributed by atoms with van der Waals surface area (Å²) in [4.78, 5) is 22.1. The van der Waals surface area contributed by atoms with Crippen molar-refractivity contribution in [2.24, 2.45) is 0 Å². The van der Waals surface area contributed by atoms with Gasteiger partial charge in [0.2, 0.25) is 0 Å². The Morgan fingerprint density at radius 1 is 1.35 bits per heavy atom. The number of halogens is 2. The fraction of sp³-hybridized carbons (Fsp3) is 0.133. The maximum absolute atomic E-state index is 12.9. The SMILES string of the molecule is Cc1ccc([N+](=O)[O-])cc1NC(=O)COc1ccc(F)cc1Cl. The van der Waals surface area contributed by atoms with Crippen LogP contribution < -0.4 is 10.1 Å². The molecule has 1 N–H and O–H groups in total. The van der Waals surface area contributed by atoms with Crippen molar-refractivity contribution in [3.8, 4) is 5.75 Å². The van der Waals surface area contributed by atoms with Gasteiger partial charge in [-0.2, -0.15) is 0 Å². The highest BCUT2D eigenvalue weighted by atomic mass is 35.5. The van der Waals surface area contributed by atoms with Crippen LogP contribution in [-0.2, 0) is 4.79 Å². The van der Waals surface area contributed by atoms with Crippen LogP contribution in [0.3, 0.4) is 0 Å². The third kappa shape index (κ3) is 4.40. The van der Waals surface area contributed by atoms with E-state index in [4.69, 9.17) is 16.3 Å². The molecular weight excluding hydrogens is 327 g/mol. The molecule has 0 spiro atoms. The molecule has 1 amide bonds. The third-order valence-corrected chi connectivity index (χ3v) is 3.25. The minimum atomic E-state index is -0.552. The fourth-order valence-corrected chi connectivity index (χ4v) is 2.00. The summed E-state index contributed by atoms with van der Waals surface area (Å²) in [6.45, 7) is 1.34. The van der Waals surface area contributed by atoms with Gasteiger partial charge in [0.05, 0.1) is 15.6 Å². The number of nitrogens with zero attached hydrogens (tertiary/aromatic N) is 1. The van der Waals surface area contributed by atoms with Gasteiger partial charge in [-0.1, -0.05) is 17.7 Å². The number of nitro groups is 1. The largest absolute Gasteiger partial charge is 0.482 e. The average Bonchev–Trinajstić information content (AvgIpc) is 2.48. The Labute approximate surface area is 136 Å². The summed E-state index contributed by atoms with van der Waals surface area (Å²) in [5, 5.41) is 13.3. The van der Waals surface area contributed by atoms with E-state index in [1.54, 1.807) is 6.92 Å². The summed E-state index contributed by atoms with van der Waals surface area (Å²) in [5.41, 5.74) is 0.857. The van der Waals surface area contributed by atoms with E-state index in [0.29, 0.717) is 11.3 Å².